The standard InChI is InChI=1S/C16H15BrN4O2/c1-2-23-16(22)19-11-7-12(18)14-13(8-11)20-15(21-14)9-3-5-10(17)6-4-9/h3-8H,2,18H2,1H3,(H,19,22)(H,20,21). The highest BCUT2D eigenvalue weighted by Crippen LogP contribution is 2.28. The van der Waals surface area contributed by atoms with Crippen molar-refractivity contribution in [1.29, 1.82) is 0 Å². The molecule has 118 valence electrons. The quantitative estimate of drug-likeness (QED) is 0.600. The number of nitrogens with zero attached hydrogens (tertiary/aromatic N) is 1. The first-order valence-corrected chi connectivity index (χ1v) is 7.85. The van der Waals surface area contributed by atoms with Gasteiger partial charge in [0.05, 0.1) is 23.3 Å². The highest BCUT2D eigenvalue weighted by Gasteiger charge is 2.11. The van der Waals surface area contributed by atoms with Gasteiger partial charge >= 0.3 is 6.09 Å². The van der Waals surface area contributed by atoms with E-state index in [-0.39, 0.29) is 0 Å². The van der Waals surface area contributed by atoms with Crippen LogP contribution in [-0.4, -0.2) is 22.7 Å². The predicted octanol–water partition coefficient (Wildman–Crippen LogP) is 4.14. The first kappa shape index (κ1) is 15.4. The third kappa shape index (κ3) is 3.29. The number of hydrogen-bond donors (Lipinski definition) is 3. The first-order valence-electron chi connectivity index (χ1n) is 7.05. The van der Waals surface area contributed by atoms with E-state index < -0.39 is 6.09 Å². The van der Waals surface area contributed by atoms with Gasteiger partial charge in [-0.05, 0) is 31.2 Å². The lowest BCUT2D eigenvalue weighted by Gasteiger charge is -2.06. The smallest absolute Gasteiger partial charge is 0.411 e. The van der Waals surface area contributed by atoms with Crippen LogP contribution >= 0.6 is 15.9 Å². The molecule has 0 saturated carbocycles. The van der Waals surface area contributed by atoms with Crippen LogP contribution in [0.5, 0.6) is 0 Å². The summed E-state index contributed by atoms with van der Waals surface area (Å²) in [5, 5.41) is 2.63. The molecule has 0 aliphatic rings. The van der Waals surface area contributed by atoms with Gasteiger partial charge in [-0.3, -0.25) is 5.32 Å². The van der Waals surface area contributed by atoms with Gasteiger partial charge in [0.1, 0.15) is 5.82 Å². The fraction of sp³-hybridized carbons (Fsp3) is 0.125. The lowest BCUT2D eigenvalue weighted by atomic mass is 10.2. The normalized spacial score (nSPS) is 10.7. The Bertz CT molecular complexity index is 858. The number of ether oxygens (including phenoxy) is 1. The van der Waals surface area contributed by atoms with Gasteiger partial charge in [-0.15, -0.1) is 0 Å². The van der Waals surface area contributed by atoms with Gasteiger partial charge in [-0.1, -0.05) is 28.1 Å². The number of nitrogens with one attached hydrogen (secondary N) is 2. The average molecular weight is 375 g/mol. The van der Waals surface area contributed by atoms with Gasteiger partial charge in [-0.2, -0.15) is 0 Å². The largest absolute Gasteiger partial charge is 0.450 e. The van der Waals surface area contributed by atoms with E-state index in [1.54, 1.807) is 19.1 Å². The first-order chi connectivity index (χ1) is 11.1. The maximum Gasteiger partial charge on any atom is 0.411 e. The van der Waals surface area contributed by atoms with E-state index in [2.05, 4.69) is 31.2 Å². The summed E-state index contributed by atoms with van der Waals surface area (Å²) in [4.78, 5) is 19.3. The van der Waals surface area contributed by atoms with Gasteiger partial charge in [-0.25, -0.2) is 9.78 Å². The molecule has 1 aromatic heterocycles. The van der Waals surface area contributed by atoms with Crippen LogP contribution in [0.2, 0.25) is 0 Å². The van der Waals surface area contributed by atoms with E-state index in [1.807, 2.05) is 24.3 Å². The molecule has 1 amide bonds. The SMILES string of the molecule is CCOC(=O)Nc1cc(N)c2[nH]c(-c3ccc(Br)cc3)nc2c1. The Labute approximate surface area is 141 Å². The number of carbonyl (C=O) groups is 1. The summed E-state index contributed by atoms with van der Waals surface area (Å²) in [5.74, 6) is 0.715. The zero-order chi connectivity index (χ0) is 16.4. The molecule has 0 aliphatic heterocycles. The number of hydrogen-bond acceptors (Lipinski definition) is 4. The van der Waals surface area contributed by atoms with Crippen molar-refractivity contribution in [2.24, 2.45) is 0 Å². The van der Waals surface area contributed by atoms with Crippen LogP contribution in [0.25, 0.3) is 22.4 Å². The van der Waals surface area contributed by atoms with Crippen LogP contribution in [0.4, 0.5) is 16.2 Å². The van der Waals surface area contributed by atoms with Crippen molar-refractivity contribution in [1.82, 2.24) is 9.97 Å². The Balaban J connectivity index is 1.97. The van der Waals surface area contributed by atoms with Crippen molar-refractivity contribution in [3.63, 3.8) is 0 Å². The lowest BCUT2D eigenvalue weighted by Crippen LogP contribution is -2.13. The molecule has 0 fully saturated rings. The van der Waals surface area contributed by atoms with Crippen molar-refractivity contribution < 1.29 is 9.53 Å². The number of anilines is 2. The highest BCUT2D eigenvalue weighted by molar-refractivity contribution is 9.10. The summed E-state index contributed by atoms with van der Waals surface area (Å²) in [7, 11) is 0. The number of amides is 1. The lowest BCUT2D eigenvalue weighted by molar-refractivity contribution is 0.168. The third-order valence-electron chi connectivity index (χ3n) is 3.26. The second kappa shape index (κ2) is 6.29. The zero-order valence-corrected chi connectivity index (χ0v) is 14.0. The van der Waals surface area contributed by atoms with Gasteiger partial charge < -0.3 is 15.5 Å². The Hall–Kier alpha value is -2.54. The van der Waals surface area contributed by atoms with Crippen LogP contribution < -0.4 is 11.1 Å². The molecule has 4 N–H and O–H groups in total. The van der Waals surface area contributed by atoms with E-state index in [4.69, 9.17) is 10.5 Å². The minimum absolute atomic E-state index is 0.305. The van der Waals surface area contributed by atoms with Crippen LogP contribution in [-0.2, 0) is 4.74 Å². The molecule has 3 aromatic rings. The molecule has 23 heavy (non-hydrogen) atoms. The molecule has 0 aliphatic carbocycles. The fourth-order valence-corrected chi connectivity index (χ4v) is 2.51. The van der Waals surface area contributed by atoms with E-state index >= 15 is 0 Å². The van der Waals surface area contributed by atoms with Crippen LogP contribution in [0.3, 0.4) is 0 Å². The number of carbonyl (C=O) groups excluding carboxylic acids is 1. The summed E-state index contributed by atoms with van der Waals surface area (Å²) < 4.78 is 5.86. The number of halogens is 1. The van der Waals surface area contributed by atoms with Gasteiger partial charge in [0.2, 0.25) is 0 Å². The number of aromatic nitrogens is 2. The Morgan fingerprint density at radius 2 is 2.09 bits per heavy atom. The van der Waals surface area contributed by atoms with E-state index in [9.17, 15) is 4.79 Å². The number of H-pyrrole nitrogens is 1. The number of aromatic amines is 1. The number of nitrogen functional groups attached to an aromatic ring is 1. The third-order valence-corrected chi connectivity index (χ3v) is 3.79. The summed E-state index contributed by atoms with van der Waals surface area (Å²) in [6, 6.07) is 11.2. The number of benzene rings is 2. The molecular formula is C16H15BrN4O2. The summed E-state index contributed by atoms with van der Waals surface area (Å²) in [6.07, 6.45) is -0.519. The van der Waals surface area contributed by atoms with Crippen molar-refractivity contribution in [3.05, 3.63) is 40.9 Å². The van der Waals surface area contributed by atoms with Crippen molar-refractivity contribution >= 4 is 44.4 Å². The molecule has 0 unspecified atom stereocenters. The molecule has 0 spiro atoms. The highest BCUT2D eigenvalue weighted by atomic mass is 79.9. The maximum atomic E-state index is 11.5. The Morgan fingerprint density at radius 1 is 1.35 bits per heavy atom. The van der Waals surface area contributed by atoms with Gasteiger partial charge in [0, 0.05) is 15.7 Å². The summed E-state index contributed by atoms with van der Waals surface area (Å²) in [6.45, 7) is 2.05. The van der Waals surface area contributed by atoms with Gasteiger partial charge in [0.25, 0.3) is 0 Å². The monoisotopic (exact) mass is 374 g/mol. The molecule has 7 heteroatoms. The fourth-order valence-electron chi connectivity index (χ4n) is 2.24. The average Bonchev–Trinajstić information content (AvgIpc) is 2.92. The minimum Gasteiger partial charge on any atom is -0.450 e. The second-order valence-corrected chi connectivity index (χ2v) is 5.81. The molecule has 3 rings (SSSR count). The molecule has 0 bridgehead atoms. The molecule has 0 radical (unpaired) electrons. The van der Waals surface area contributed by atoms with Crippen LogP contribution in [0, 0.1) is 0 Å². The Kier molecular flexibility index (Phi) is 4.20. The van der Waals surface area contributed by atoms with E-state index in [0.29, 0.717) is 29.3 Å². The number of fused-ring (bicyclic) bond motifs is 1. The number of imidazole rings is 1. The van der Waals surface area contributed by atoms with Gasteiger partial charge in [0.15, 0.2) is 0 Å². The topological polar surface area (TPSA) is 93.0 Å². The van der Waals surface area contributed by atoms with Crippen LogP contribution in [0.15, 0.2) is 40.9 Å². The van der Waals surface area contributed by atoms with E-state index in [0.717, 1.165) is 15.6 Å². The summed E-state index contributed by atoms with van der Waals surface area (Å²) >= 11 is 3.41. The Morgan fingerprint density at radius 3 is 2.78 bits per heavy atom. The molecule has 0 atom stereocenters. The molecule has 2 aromatic carbocycles. The van der Waals surface area contributed by atoms with Crippen LogP contribution in [0.1, 0.15) is 6.92 Å². The minimum atomic E-state index is -0.519. The number of rotatable bonds is 3. The molecule has 1 heterocycles. The zero-order valence-electron chi connectivity index (χ0n) is 12.4. The molecule has 6 nitrogen and oxygen atoms in total. The molecular weight excluding hydrogens is 360 g/mol. The maximum absolute atomic E-state index is 11.5. The van der Waals surface area contributed by atoms with E-state index in [1.165, 1.54) is 0 Å². The molecule has 0 saturated heterocycles. The van der Waals surface area contributed by atoms with Crippen molar-refractivity contribution in [3.8, 4) is 11.4 Å². The second-order valence-electron chi connectivity index (χ2n) is 4.90. The predicted molar refractivity (Wildman–Crippen MR) is 94.3 cm³/mol. The van der Waals surface area contributed by atoms with Crippen molar-refractivity contribution in [2.75, 3.05) is 17.7 Å². The number of nitrogens with two attached hydrogens (primary N) is 1. The van der Waals surface area contributed by atoms with Crippen molar-refractivity contribution in [2.45, 2.75) is 6.92 Å². The summed E-state index contributed by atoms with van der Waals surface area (Å²) in [5.41, 5.74) is 9.46.